The number of hydrogen-bond donors (Lipinski definition) is 2. The Labute approximate surface area is 352 Å². The summed E-state index contributed by atoms with van der Waals surface area (Å²) < 4.78 is 21.9. The van der Waals surface area contributed by atoms with E-state index in [1.54, 1.807) is 97.5 Å². The number of amides is 3. The molecule has 322 valence electrons. The van der Waals surface area contributed by atoms with Crippen molar-refractivity contribution in [1.82, 2.24) is 10.2 Å². The highest BCUT2D eigenvalue weighted by Crippen LogP contribution is 2.36. The van der Waals surface area contributed by atoms with E-state index in [0.29, 0.717) is 30.0 Å². The first kappa shape index (κ1) is 46.6. The third kappa shape index (κ3) is 15.6. The maximum atomic E-state index is 13.9. The maximum absolute atomic E-state index is 13.9. The zero-order valence-electron chi connectivity index (χ0n) is 36.4. The Morgan fingerprint density at radius 2 is 1.38 bits per heavy atom. The zero-order valence-corrected chi connectivity index (χ0v) is 36.4. The molecular formula is C46H58N4O10. The van der Waals surface area contributed by atoms with Crippen LogP contribution >= 0.6 is 0 Å². The molecule has 0 fully saturated rings. The van der Waals surface area contributed by atoms with Crippen LogP contribution in [0.4, 0.5) is 15.3 Å². The molecule has 1 aliphatic rings. The number of anilines is 1. The number of esters is 2. The number of aliphatic imine (C=N–C) groups is 1. The van der Waals surface area contributed by atoms with Crippen LogP contribution in [-0.2, 0) is 36.6 Å². The topological polar surface area (TPSA) is 179 Å². The van der Waals surface area contributed by atoms with Crippen molar-refractivity contribution >= 4 is 47.5 Å². The average molecular weight is 827 g/mol. The summed E-state index contributed by atoms with van der Waals surface area (Å²) in [6.07, 6.45) is 1.26. The molecule has 0 saturated heterocycles. The van der Waals surface area contributed by atoms with Crippen molar-refractivity contribution < 1.29 is 47.7 Å². The van der Waals surface area contributed by atoms with Crippen LogP contribution in [0, 0.1) is 0 Å². The number of fused-ring (bicyclic) bond motifs is 1. The molecule has 0 saturated carbocycles. The Kier molecular flexibility index (Phi) is 15.4. The van der Waals surface area contributed by atoms with Gasteiger partial charge in [-0.2, -0.15) is 0 Å². The summed E-state index contributed by atoms with van der Waals surface area (Å²) in [7, 11) is 0. The predicted octanol–water partition coefficient (Wildman–Crippen LogP) is 8.56. The molecule has 0 spiro atoms. The van der Waals surface area contributed by atoms with Gasteiger partial charge in [0.1, 0.15) is 29.1 Å². The smallest absolute Gasteiger partial charge is 0.437 e. The van der Waals surface area contributed by atoms with E-state index in [9.17, 15) is 28.8 Å². The second-order valence-electron chi connectivity index (χ2n) is 17.7. The van der Waals surface area contributed by atoms with Gasteiger partial charge >= 0.3 is 24.1 Å². The van der Waals surface area contributed by atoms with Crippen molar-refractivity contribution in [2.75, 3.05) is 18.4 Å². The van der Waals surface area contributed by atoms with E-state index in [4.69, 9.17) is 18.9 Å². The standard InChI is InChI=1S/C46H58N4O10/c1-29(51)31-16-14-30(15-17-31)24-25-50(28-39(53)58-44(2,3)4)38(52)27-34-13-11-12-33-26-36(22-23-37(33)34)57-40(54)32-18-20-35(21-19-32)47-41(48-42(55)59-45(5,6)7)49-43(56)60-46(8,9)10/h14-23,26,34H,11-13,24-25,27-28H2,1-10H3,(H2,47,48,49,55,56). The minimum absolute atomic E-state index is 0.0296. The summed E-state index contributed by atoms with van der Waals surface area (Å²) >= 11 is 0. The normalized spacial score (nSPS) is 14.2. The van der Waals surface area contributed by atoms with Gasteiger partial charge in [0.25, 0.3) is 0 Å². The summed E-state index contributed by atoms with van der Waals surface area (Å²) in [4.78, 5) is 82.1. The number of carbonyl (C=O) groups is 6. The minimum Gasteiger partial charge on any atom is -0.459 e. The molecule has 0 heterocycles. The van der Waals surface area contributed by atoms with Gasteiger partial charge in [-0.1, -0.05) is 30.3 Å². The fourth-order valence-electron chi connectivity index (χ4n) is 6.35. The molecule has 0 aromatic heterocycles. The van der Waals surface area contributed by atoms with Crippen LogP contribution in [0.1, 0.15) is 132 Å². The van der Waals surface area contributed by atoms with E-state index in [-0.39, 0.29) is 42.1 Å². The molecule has 2 N–H and O–H groups in total. The van der Waals surface area contributed by atoms with Gasteiger partial charge in [-0.3, -0.25) is 19.7 Å². The number of guanidine groups is 1. The summed E-state index contributed by atoms with van der Waals surface area (Å²) in [6.45, 7) is 17.1. The number of aryl methyl sites for hydroxylation is 1. The average Bonchev–Trinajstić information content (AvgIpc) is 3.11. The van der Waals surface area contributed by atoms with Gasteiger partial charge in [0.05, 0.1) is 5.56 Å². The van der Waals surface area contributed by atoms with Crippen LogP contribution in [0.5, 0.6) is 5.75 Å². The number of carbonyl (C=O) groups excluding carboxylic acids is 6. The highest BCUT2D eigenvalue weighted by Gasteiger charge is 2.28. The second kappa shape index (κ2) is 19.8. The maximum Gasteiger partial charge on any atom is 0.437 e. The van der Waals surface area contributed by atoms with Crippen molar-refractivity contribution in [1.29, 1.82) is 0 Å². The highest BCUT2D eigenvalue weighted by molar-refractivity contribution is 6.06. The lowest BCUT2D eigenvalue weighted by Crippen LogP contribution is -2.40. The molecule has 4 rings (SSSR count). The van der Waals surface area contributed by atoms with Gasteiger partial charge in [0.2, 0.25) is 11.9 Å². The van der Waals surface area contributed by atoms with Gasteiger partial charge in [0.15, 0.2) is 5.78 Å². The first-order chi connectivity index (χ1) is 27.9. The van der Waals surface area contributed by atoms with E-state index < -0.39 is 40.9 Å². The Balaban J connectivity index is 1.43. The van der Waals surface area contributed by atoms with Crippen molar-refractivity contribution in [3.05, 3.63) is 94.5 Å². The number of hydrogen-bond acceptors (Lipinski definition) is 10. The molecule has 0 bridgehead atoms. The Hall–Kier alpha value is -6.05. The molecule has 1 unspecified atom stereocenters. The zero-order chi connectivity index (χ0) is 44.4. The molecule has 1 aliphatic carbocycles. The van der Waals surface area contributed by atoms with Crippen LogP contribution in [0.2, 0.25) is 0 Å². The van der Waals surface area contributed by atoms with Gasteiger partial charge < -0.3 is 29.2 Å². The Bertz CT molecular complexity index is 2070. The van der Waals surface area contributed by atoms with E-state index >= 15 is 0 Å². The number of Topliss-reactive ketones (excluding diaryl/α,β-unsaturated/α-hetero) is 1. The number of ketones is 1. The van der Waals surface area contributed by atoms with E-state index in [0.717, 1.165) is 36.0 Å². The van der Waals surface area contributed by atoms with Crippen molar-refractivity contribution in [2.45, 2.75) is 124 Å². The quantitative estimate of drug-likeness (QED) is 0.0473. The molecule has 0 aliphatic heterocycles. The Morgan fingerprint density at radius 1 is 0.767 bits per heavy atom. The lowest BCUT2D eigenvalue weighted by Gasteiger charge is -2.29. The molecule has 14 nitrogen and oxygen atoms in total. The summed E-state index contributed by atoms with van der Waals surface area (Å²) in [6, 6.07) is 18.8. The van der Waals surface area contributed by atoms with Crippen LogP contribution in [0.3, 0.4) is 0 Å². The molecule has 3 aromatic carbocycles. The second-order valence-corrected chi connectivity index (χ2v) is 17.7. The van der Waals surface area contributed by atoms with Crippen molar-refractivity contribution in [2.24, 2.45) is 4.99 Å². The van der Waals surface area contributed by atoms with E-state index in [1.165, 1.54) is 19.1 Å². The summed E-state index contributed by atoms with van der Waals surface area (Å²) in [5.74, 6) is -1.28. The number of benzene rings is 3. The lowest BCUT2D eigenvalue weighted by molar-refractivity contribution is -0.159. The third-order valence-corrected chi connectivity index (χ3v) is 8.91. The molecule has 3 amide bonds. The van der Waals surface area contributed by atoms with Gasteiger partial charge in [0, 0.05) is 24.2 Å². The number of nitrogens with zero attached hydrogens (tertiary/aromatic N) is 2. The molecule has 3 aromatic rings. The van der Waals surface area contributed by atoms with Gasteiger partial charge in [-0.05, 0) is 154 Å². The van der Waals surface area contributed by atoms with Crippen LogP contribution in [0.25, 0.3) is 0 Å². The number of rotatable bonds is 11. The summed E-state index contributed by atoms with van der Waals surface area (Å²) in [5.41, 5.74) is 1.82. The van der Waals surface area contributed by atoms with Gasteiger partial charge in [-0.15, -0.1) is 4.99 Å². The number of alkyl carbamates (subject to hydrolysis) is 1. The molecular weight excluding hydrogens is 769 g/mol. The fourth-order valence-corrected chi connectivity index (χ4v) is 6.35. The molecule has 14 heteroatoms. The number of nitrogens with one attached hydrogen (secondary N) is 2. The third-order valence-electron chi connectivity index (χ3n) is 8.91. The Morgan fingerprint density at radius 3 is 1.98 bits per heavy atom. The van der Waals surface area contributed by atoms with E-state index in [2.05, 4.69) is 15.6 Å². The van der Waals surface area contributed by atoms with Gasteiger partial charge in [-0.25, -0.2) is 14.4 Å². The first-order valence-corrected chi connectivity index (χ1v) is 20.1. The van der Waals surface area contributed by atoms with Crippen molar-refractivity contribution in [3.8, 4) is 5.75 Å². The number of ether oxygens (including phenoxy) is 4. The van der Waals surface area contributed by atoms with Crippen LogP contribution < -0.4 is 15.4 Å². The SMILES string of the molecule is CC(=O)c1ccc(CCN(CC(=O)OC(C)(C)C)C(=O)CC2CCCc3cc(OC(=O)c4ccc(N/C(=N\C(=O)OC(C)(C)C)NC(=O)OC(C)(C)C)cc4)ccc32)cc1. The highest BCUT2D eigenvalue weighted by atomic mass is 16.6. The lowest BCUT2D eigenvalue weighted by atomic mass is 9.80. The largest absolute Gasteiger partial charge is 0.459 e. The predicted molar refractivity (Wildman–Crippen MR) is 227 cm³/mol. The van der Waals surface area contributed by atoms with Crippen LogP contribution in [-0.4, -0.2) is 76.6 Å². The molecule has 1 atom stereocenters. The fraction of sp³-hybridized carbons (Fsp3) is 0.457. The van der Waals surface area contributed by atoms with Crippen LogP contribution in [0.15, 0.2) is 71.7 Å². The first-order valence-electron chi connectivity index (χ1n) is 20.1. The molecule has 60 heavy (non-hydrogen) atoms. The van der Waals surface area contributed by atoms with E-state index in [1.807, 2.05) is 24.3 Å². The summed E-state index contributed by atoms with van der Waals surface area (Å²) in [5, 5.41) is 5.27. The molecule has 0 radical (unpaired) electrons. The monoisotopic (exact) mass is 826 g/mol. The minimum atomic E-state index is -0.935. The van der Waals surface area contributed by atoms with Crippen molar-refractivity contribution in [3.63, 3.8) is 0 Å².